The number of esters is 3. The first kappa shape index (κ1) is 11.1. The Kier molecular flexibility index (Phi) is 2.74. The molecule has 2 rings (SSSR count). The summed E-state index contributed by atoms with van der Waals surface area (Å²) in [7, 11) is 1.25. The molecule has 0 saturated heterocycles. The average Bonchev–Trinajstić information content (AvgIpc) is 2.63. The highest BCUT2D eigenvalue weighted by atomic mass is 16.6. The van der Waals surface area contributed by atoms with Crippen LogP contribution in [0, 0.1) is 0 Å². The summed E-state index contributed by atoms with van der Waals surface area (Å²) in [5, 5.41) is 0. The van der Waals surface area contributed by atoms with Crippen molar-refractivity contribution in [3.05, 3.63) is 41.0 Å². The average molecular weight is 232 g/mol. The molecule has 0 amide bonds. The van der Waals surface area contributed by atoms with Crippen molar-refractivity contribution < 1.29 is 23.9 Å². The summed E-state index contributed by atoms with van der Waals surface area (Å²) in [5.41, 5.74) is 0.836. The first-order valence-electron chi connectivity index (χ1n) is 4.79. The molecule has 1 aliphatic heterocycles. The zero-order chi connectivity index (χ0) is 12.4. The molecule has 0 bridgehead atoms. The van der Waals surface area contributed by atoms with Crippen molar-refractivity contribution in [3.63, 3.8) is 0 Å². The van der Waals surface area contributed by atoms with Crippen molar-refractivity contribution in [3.8, 4) is 0 Å². The minimum absolute atomic E-state index is 0.178. The Morgan fingerprint density at radius 3 is 2.76 bits per heavy atom. The number of ether oxygens (including phenoxy) is 2. The highest BCUT2D eigenvalue weighted by Gasteiger charge is 2.31. The van der Waals surface area contributed by atoms with Crippen molar-refractivity contribution in [2.24, 2.45) is 0 Å². The number of carbonyl (C=O) groups is 3. The third-order valence-electron chi connectivity index (χ3n) is 2.31. The SMILES string of the molecule is COC(=O)C=Cc1cccc2c1C(=O)OC2=O. The Labute approximate surface area is 96.6 Å². The molecule has 0 N–H and O–H groups in total. The van der Waals surface area contributed by atoms with Crippen LogP contribution in [-0.2, 0) is 14.3 Å². The number of hydrogen-bond acceptors (Lipinski definition) is 5. The predicted octanol–water partition coefficient (Wildman–Crippen LogP) is 1.18. The molecule has 0 saturated carbocycles. The molecule has 1 aromatic rings. The second-order valence-corrected chi connectivity index (χ2v) is 3.30. The molecule has 1 aliphatic rings. The first-order valence-corrected chi connectivity index (χ1v) is 4.79. The van der Waals surface area contributed by atoms with Crippen LogP contribution in [-0.4, -0.2) is 25.0 Å². The summed E-state index contributed by atoms with van der Waals surface area (Å²) in [4.78, 5) is 33.6. The standard InChI is InChI=1S/C12H8O5/c1-16-9(13)6-5-7-3-2-4-8-10(7)12(15)17-11(8)14/h2-6H,1H3. The second-order valence-electron chi connectivity index (χ2n) is 3.30. The highest BCUT2D eigenvalue weighted by molar-refractivity contribution is 6.16. The van der Waals surface area contributed by atoms with E-state index in [1.54, 1.807) is 12.1 Å². The summed E-state index contributed by atoms with van der Waals surface area (Å²) in [6, 6.07) is 4.71. The molecule has 5 nitrogen and oxygen atoms in total. The van der Waals surface area contributed by atoms with Crippen molar-refractivity contribution >= 4 is 24.0 Å². The summed E-state index contributed by atoms with van der Waals surface area (Å²) in [6.45, 7) is 0. The lowest BCUT2D eigenvalue weighted by molar-refractivity contribution is -0.134. The maximum absolute atomic E-state index is 11.4. The van der Waals surface area contributed by atoms with Gasteiger partial charge in [0.2, 0.25) is 0 Å². The van der Waals surface area contributed by atoms with E-state index in [1.165, 1.54) is 25.3 Å². The Bertz CT molecular complexity index is 542. The van der Waals surface area contributed by atoms with Gasteiger partial charge in [0.05, 0.1) is 18.2 Å². The van der Waals surface area contributed by atoms with Crippen molar-refractivity contribution in [1.82, 2.24) is 0 Å². The number of cyclic esters (lactones) is 2. The van der Waals surface area contributed by atoms with E-state index in [-0.39, 0.29) is 11.1 Å². The first-order chi connectivity index (χ1) is 8.13. The molecule has 0 unspecified atom stereocenters. The summed E-state index contributed by atoms with van der Waals surface area (Å²) >= 11 is 0. The molecule has 86 valence electrons. The van der Waals surface area contributed by atoms with Crippen LogP contribution in [0.3, 0.4) is 0 Å². The van der Waals surface area contributed by atoms with Crippen LogP contribution in [0.5, 0.6) is 0 Å². The fourth-order valence-electron chi connectivity index (χ4n) is 1.52. The van der Waals surface area contributed by atoms with Crippen molar-refractivity contribution in [2.75, 3.05) is 7.11 Å². The minimum Gasteiger partial charge on any atom is -0.466 e. The quantitative estimate of drug-likeness (QED) is 0.435. The van der Waals surface area contributed by atoms with Crippen LogP contribution < -0.4 is 0 Å². The Morgan fingerprint density at radius 2 is 2.06 bits per heavy atom. The molecule has 17 heavy (non-hydrogen) atoms. The molecule has 0 fully saturated rings. The number of fused-ring (bicyclic) bond motifs is 1. The number of carbonyl (C=O) groups excluding carboxylic acids is 3. The van der Waals surface area contributed by atoms with Gasteiger partial charge in [-0.15, -0.1) is 0 Å². The van der Waals surface area contributed by atoms with Gasteiger partial charge in [0.25, 0.3) is 0 Å². The van der Waals surface area contributed by atoms with Crippen molar-refractivity contribution in [2.45, 2.75) is 0 Å². The zero-order valence-corrected chi connectivity index (χ0v) is 8.93. The maximum Gasteiger partial charge on any atom is 0.347 e. The van der Waals surface area contributed by atoms with Crippen LogP contribution >= 0.6 is 0 Å². The number of benzene rings is 1. The molecule has 0 aliphatic carbocycles. The molecule has 0 aromatic heterocycles. The molecule has 1 heterocycles. The van der Waals surface area contributed by atoms with E-state index in [0.717, 1.165) is 0 Å². The third kappa shape index (κ3) is 1.94. The van der Waals surface area contributed by atoms with E-state index in [0.29, 0.717) is 5.56 Å². The fourth-order valence-corrected chi connectivity index (χ4v) is 1.52. The predicted molar refractivity (Wildman–Crippen MR) is 57.2 cm³/mol. The fraction of sp³-hybridized carbons (Fsp3) is 0.0833. The van der Waals surface area contributed by atoms with Crippen molar-refractivity contribution in [1.29, 1.82) is 0 Å². The zero-order valence-electron chi connectivity index (χ0n) is 8.93. The highest BCUT2D eigenvalue weighted by Crippen LogP contribution is 2.24. The van der Waals surface area contributed by atoms with E-state index in [2.05, 4.69) is 9.47 Å². The van der Waals surface area contributed by atoms with Gasteiger partial charge >= 0.3 is 17.9 Å². The maximum atomic E-state index is 11.4. The lowest BCUT2D eigenvalue weighted by Gasteiger charge is -1.98. The van der Waals surface area contributed by atoms with E-state index in [1.807, 2.05) is 0 Å². The van der Waals surface area contributed by atoms with Gasteiger partial charge in [-0.2, -0.15) is 0 Å². The topological polar surface area (TPSA) is 69.7 Å². The largest absolute Gasteiger partial charge is 0.466 e. The molecular weight excluding hydrogens is 224 g/mol. The number of methoxy groups -OCH3 is 1. The van der Waals surface area contributed by atoms with Gasteiger partial charge in [0.1, 0.15) is 0 Å². The molecule has 5 heteroatoms. The summed E-state index contributed by atoms with van der Waals surface area (Å²) in [6.07, 6.45) is 2.58. The van der Waals surface area contributed by atoms with E-state index < -0.39 is 17.9 Å². The molecular formula is C12H8O5. The molecule has 0 atom stereocenters. The minimum atomic E-state index is -0.699. The number of hydrogen-bond donors (Lipinski definition) is 0. The molecule has 0 spiro atoms. The monoisotopic (exact) mass is 232 g/mol. The normalized spacial score (nSPS) is 13.7. The summed E-state index contributed by atoms with van der Waals surface area (Å²) < 4.78 is 8.91. The lowest BCUT2D eigenvalue weighted by atomic mass is 10.0. The lowest BCUT2D eigenvalue weighted by Crippen LogP contribution is -1.99. The Hall–Kier alpha value is -2.43. The van der Waals surface area contributed by atoms with Crippen LogP contribution in [0.2, 0.25) is 0 Å². The van der Waals surface area contributed by atoms with Crippen LogP contribution in [0.1, 0.15) is 26.3 Å². The second kappa shape index (κ2) is 4.21. The van der Waals surface area contributed by atoms with Crippen LogP contribution in [0.4, 0.5) is 0 Å². The van der Waals surface area contributed by atoms with Gasteiger partial charge in [-0.25, -0.2) is 14.4 Å². The smallest absolute Gasteiger partial charge is 0.347 e. The van der Waals surface area contributed by atoms with Crippen LogP contribution in [0.15, 0.2) is 24.3 Å². The van der Waals surface area contributed by atoms with Gasteiger partial charge in [-0.3, -0.25) is 0 Å². The molecule has 1 aromatic carbocycles. The Morgan fingerprint density at radius 1 is 1.29 bits per heavy atom. The molecule has 0 radical (unpaired) electrons. The third-order valence-corrected chi connectivity index (χ3v) is 2.31. The van der Waals surface area contributed by atoms with Gasteiger partial charge in [0.15, 0.2) is 0 Å². The van der Waals surface area contributed by atoms with Gasteiger partial charge < -0.3 is 9.47 Å². The van der Waals surface area contributed by atoms with Crippen LogP contribution in [0.25, 0.3) is 6.08 Å². The van der Waals surface area contributed by atoms with Gasteiger partial charge in [-0.1, -0.05) is 12.1 Å². The summed E-state index contributed by atoms with van der Waals surface area (Å²) in [5.74, 6) is -1.91. The van der Waals surface area contributed by atoms with Gasteiger partial charge in [0, 0.05) is 6.08 Å². The number of rotatable bonds is 2. The van der Waals surface area contributed by atoms with E-state index in [9.17, 15) is 14.4 Å². The van der Waals surface area contributed by atoms with E-state index in [4.69, 9.17) is 0 Å². The van der Waals surface area contributed by atoms with Gasteiger partial charge in [-0.05, 0) is 17.7 Å². The van der Waals surface area contributed by atoms with E-state index >= 15 is 0 Å². The Balaban J connectivity index is 2.44.